The molecule has 0 spiro atoms. The van der Waals surface area contributed by atoms with Crippen molar-refractivity contribution in [3.63, 3.8) is 0 Å². The van der Waals surface area contributed by atoms with Crippen molar-refractivity contribution in [1.29, 1.82) is 0 Å². The van der Waals surface area contributed by atoms with Crippen LogP contribution in [0.1, 0.15) is 24.5 Å². The zero-order valence-electron chi connectivity index (χ0n) is 11.4. The molecule has 0 aliphatic rings. The third-order valence-electron chi connectivity index (χ3n) is 3.86. The highest BCUT2D eigenvalue weighted by molar-refractivity contribution is 9.10. The van der Waals surface area contributed by atoms with Crippen LogP contribution in [0.2, 0.25) is 5.02 Å². The zero-order chi connectivity index (χ0) is 14.6. The van der Waals surface area contributed by atoms with E-state index in [4.69, 9.17) is 11.6 Å². The second-order valence-electron chi connectivity index (χ2n) is 5.05. The van der Waals surface area contributed by atoms with E-state index in [9.17, 15) is 0 Å². The highest BCUT2D eigenvalue weighted by atomic mass is 79.9. The molecule has 0 aromatic heterocycles. The highest BCUT2D eigenvalue weighted by Gasteiger charge is 2.30. The van der Waals surface area contributed by atoms with Gasteiger partial charge in [0.25, 0.3) is 0 Å². The predicted molar refractivity (Wildman–Crippen MR) is 95.1 cm³/mol. The Labute approximate surface area is 142 Å². The van der Waals surface area contributed by atoms with Crippen molar-refractivity contribution in [2.24, 2.45) is 0 Å². The van der Waals surface area contributed by atoms with Gasteiger partial charge in [-0.15, -0.1) is 0 Å². The molecule has 0 bridgehead atoms. The molecule has 1 atom stereocenters. The van der Waals surface area contributed by atoms with Crippen molar-refractivity contribution in [3.8, 4) is 0 Å². The first-order valence-electron chi connectivity index (χ1n) is 6.67. The summed E-state index contributed by atoms with van der Waals surface area (Å²) in [5, 5.41) is 1.75. The molecule has 0 N–H and O–H groups in total. The minimum absolute atomic E-state index is 0.0821. The molecule has 0 aliphatic heterocycles. The SMILES string of the molecule is CCC(CBr)(Cc1ccc(Br)cc1Cl)c1ccccc1. The van der Waals surface area contributed by atoms with Gasteiger partial charge in [-0.05, 0) is 36.1 Å². The molecular formula is C17H17Br2Cl. The lowest BCUT2D eigenvalue weighted by Gasteiger charge is -2.32. The van der Waals surface area contributed by atoms with Crippen molar-refractivity contribution in [3.05, 3.63) is 69.2 Å². The predicted octanol–water partition coefficient (Wildman–Crippen LogP) is 6.39. The normalized spacial score (nSPS) is 14.0. The topological polar surface area (TPSA) is 0 Å². The van der Waals surface area contributed by atoms with Crippen LogP contribution in [0.5, 0.6) is 0 Å². The maximum Gasteiger partial charge on any atom is 0.0449 e. The summed E-state index contributed by atoms with van der Waals surface area (Å²) in [6.07, 6.45) is 2.00. The number of alkyl halides is 1. The van der Waals surface area contributed by atoms with Crippen LogP contribution in [0.3, 0.4) is 0 Å². The van der Waals surface area contributed by atoms with E-state index < -0.39 is 0 Å². The van der Waals surface area contributed by atoms with Gasteiger partial charge in [0.2, 0.25) is 0 Å². The Balaban J connectivity index is 2.39. The summed E-state index contributed by atoms with van der Waals surface area (Å²) in [5.41, 5.74) is 2.64. The molecule has 0 saturated heterocycles. The Hall–Kier alpha value is -0.310. The lowest BCUT2D eigenvalue weighted by Crippen LogP contribution is -2.30. The van der Waals surface area contributed by atoms with Crippen LogP contribution in [-0.4, -0.2) is 5.33 Å². The molecule has 0 heterocycles. The quantitative estimate of drug-likeness (QED) is 0.496. The molecule has 0 nitrogen and oxygen atoms in total. The fraction of sp³-hybridized carbons (Fsp3) is 0.294. The van der Waals surface area contributed by atoms with Gasteiger partial charge in [0, 0.05) is 20.2 Å². The maximum absolute atomic E-state index is 6.39. The standard InChI is InChI=1S/C17H17Br2Cl/c1-2-17(12-18,14-6-4-3-5-7-14)11-13-8-9-15(19)10-16(13)20/h3-10H,2,11-12H2,1H3. The van der Waals surface area contributed by atoms with E-state index in [0.29, 0.717) is 0 Å². The first-order valence-corrected chi connectivity index (χ1v) is 8.96. The molecule has 0 saturated carbocycles. The van der Waals surface area contributed by atoms with Crippen LogP contribution in [0.25, 0.3) is 0 Å². The Morgan fingerprint density at radius 3 is 2.35 bits per heavy atom. The van der Waals surface area contributed by atoms with Gasteiger partial charge in [0.05, 0.1) is 0 Å². The number of rotatable bonds is 5. The number of hydrogen-bond donors (Lipinski definition) is 0. The van der Waals surface area contributed by atoms with Crippen molar-refractivity contribution in [1.82, 2.24) is 0 Å². The van der Waals surface area contributed by atoms with Crippen molar-refractivity contribution in [2.75, 3.05) is 5.33 Å². The van der Waals surface area contributed by atoms with Gasteiger partial charge in [0.15, 0.2) is 0 Å². The van der Waals surface area contributed by atoms with Crippen molar-refractivity contribution < 1.29 is 0 Å². The third kappa shape index (κ3) is 3.47. The zero-order valence-corrected chi connectivity index (χ0v) is 15.3. The molecule has 0 aliphatic carbocycles. The first kappa shape index (κ1) is 16.1. The molecule has 3 heteroatoms. The summed E-state index contributed by atoms with van der Waals surface area (Å²) >= 11 is 13.6. The Morgan fingerprint density at radius 1 is 1.10 bits per heavy atom. The van der Waals surface area contributed by atoms with Crippen LogP contribution in [0.4, 0.5) is 0 Å². The summed E-state index contributed by atoms with van der Waals surface area (Å²) in [7, 11) is 0. The highest BCUT2D eigenvalue weighted by Crippen LogP contribution is 2.36. The van der Waals surface area contributed by atoms with Gasteiger partial charge < -0.3 is 0 Å². The summed E-state index contributed by atoms with van der Waals surface area (Å²) in [6, 6.07) is 16.8. The molecule has 1 unspecified atom stereocenters. The van der Waals surface area contributed by atoms with E-state index in [2.05, 4.69) is 81.2 Å². The van der Waals surface area contributed by atoms with E-state index in [0.717, 1.165) is 27.7 Å². The molecule has 20 heavy (non-hydrogen) atoms. The lowest BCUT2D eigenvalue weighted by molar-refractivity contribution is 0.464. The summed E-state index contributed by atoms with van der Waals surface area (Å²) in [6.45, 7) is 2.24. The average Bonchev–Trinajstić information content (AvgIpc) is 2.48. The number of benzene rings is 2. The van der Waals surface area contributed by atoms with Crippen LogP contribution in [-0.2, 0) is 11.8 Å². The van der Waals surface area contributed by atoms with Gasteiger partial charge in [-0.25, -0.2) is 0 Å². The summed E-state index contributed by atoms with van der Waals surface area (Å²) in [4.78, 5) is 0. The molecule has 2 aromatic rings. The van der Waals surface area contributed by atoms with Crippen molar-refractivity contribution >= 4 is 43.5 Å². The molecule has 2 aromatic carbocycles. The van der Waals surface area contributed by atoms with Gasteiger partial charge >= 0.3 is 0 Å². The van der Waals surface area contributed by atoms with Crippen LogP contribution < -0.4 is 0 Å². The second-order valence-corrected chi connectivity index (χ2v) is 6.93. The van der Waals surface area contributed by atoms with Gasteiger partial charge in [0.1, 0.15) is 0 Å². The van der Waals surface area contributed by atoms with E-state index in [1.54, 1.807) is 0 Å². The van der Waals surface area contributed by atoms with Gasteiger partial charge in [-0.3, -0.25) is 0 Å². The van der Waals surface area contributed by atoms with E-state index in [1.807, 2.05) is 6.07 Å². The fourth-order valence-corrected chi connectivity index (χ4v) is 4.13. The first-order chi connectivity index (χ1) is 9.61. The smallest absolute Gasteiger partial charge is 0.0449 e. The van der Waals surface area contributed by atoms with E-state index in [1.165, 1.54) is 11.1 Å². The largest absolute Gasteiger partial charge is 0.0918 e. The molecule has 0 radical (unpaired) electrons. The van der Waals surface area contributed by atoms with Crippen molar-refractivity contribution in [2.45, 2.75) is 25.2 Å². The minimum atomic E-state index is 0.0821. The summed E-state index contributed by atoms with van der Waals surface area (Å²) in [5.74, 6) is 0. The molecule has 0 amide bonds. The minimum Gasteiger partial charge on any atom is -0.0918 e. The fourth-order valence-electron chi connectivity index (χ4n) is 2.47. The van der Waals surface area contributed by atoms with E-state index in [-0.39, 0.29) is 5.41 Å². The Morgan fingerprint density at radius 2 is 1.80 bits per heavy atom. The van der Waals surface area contributed by atoms with E-state index >= 15 is 0 Å². The Bertz CT molecular complexity index is 562. The van der Waals surface area contributed by atoms with Gasteiger partial charge in [-0.1, -0.05) is 86.8 Å². The molecule has 0 fully saturated rings. The van der Waals surface area contributed by atoms with Crippen LogP contribution >= 0.6 is 43.5 Å². The number of halogens is 3. The summed E-state index contributed by atoms with van der Waals surface area (Å²) < 4.78 is 1.02. The molecule has 106 valence electrons. The number of hydrogen-bond acceptors (Lipinski definition) is 0. The van der Waals surface area contributed by atoms with Crippen LogP contribution in [0, 0.1) is 0 Å². The van der Waals surface area contributed by atoms with Crippen LogP contribution in [0.15, 0.2) is 53.0 Å². The molecular weight excluding hydrogens is 399 g/mol. The van der Waals surface area contributed by atoms with Gasteiger partial charge in [-0.2, -0.15) is 0 Å². The Kier molecular flexibility index (Phi) is 5.71. The average molecular weight is 417 g/mol. The third-order valence-corrected chi connectivity index (χ3v) is 5.78. The molecule has 2 rings (SSSR count). The maximum atomic E-state index is 6.39. The monoisotopic (exact) mass is 414 g/mol. The lowest BCUT2D eigenvalue weighted by atomic mass is 9.75. The second kappa shape index (κ2) is 7.11.